The van der Waals surface area contributed by atoms with Gasteiger partial charge in [-0.05, 0) is 74.6 Å². The molecule has 3 aliphatic rings. The second-order valence-electron chi connectivity index (χ2n) is 11.1. The number of carbonyl (C=O) groups is 2. The van der Waals surface area contributed by atoms with Crippen molar-refractivity contribution in [1.29, 1.82) is 10.5 Å². The lowest BCUT2D eigenvalue weighted by Gasteiger charge is -2.47. The largest absolute Gasteiger partial charge is 0.382 e. The highest BCUT2D eigenvalue weighted by Gasteiger charge is 2.76. The van der Waals surface area contributed by atoms with Crippen LogP contribution in [0.2, 0.25) is 0 Å². The van der Waals surface area contributed by atoms with Gasteiger partial charge in [0.25, 0.3) is 0 Å². The van der Waals surface area contributed by atoms with E-state index in [1.807, 2.05) is 26.1 Å². The van der Waals surface area contributed by atoms with E-state index in [2.05, 4.69) is 39.8 Å². The Bertz CT molecular complexity index is 1370. The number of hydrogen-bond acceptors (Lipinski definition) is 7. The number of hydrogen-bond donors (Lipinski definition) is 2. The number of carbonyl (C=O) groups excluding carboxylic acids is 2. The van der Waals surface area contributed by atoms with E-state index >= 15 is 0 Å². The van der Waals surface area contributed by atoms with E-state index in [1.165, 1.54) is 17.7 Å². The molecule has 1 spiro atoms. The molecule has 2 aromatic rings. The molecule has 6 unspecified atom stereocenters. The molecular formula is C31H35FN6O2S. The lowest BCUT2D eigenvalue weighted by Crippen LogP contribution is -2.56. The summed E-state index contributed by atoms with van der Waals surface area (Å²) in [6.07, 6.45) is 3.22. The molecule has 8 nitrogen and oxygen atoms in total. The van der Waals surface area contributed by atoms with E-state index in [9.17, 15) is 19.2 Å². The molecule has 1 aliphatic heterocycles. The van der Waals surface area contributed by atoms with Gasteiger partial charge in [-0.25, -0.2) is 4.39 Å². The Kier molecular flexibility index (Phi) is 8.42. The SMILES string of the molecule is CCN1C(=O)C2CCC(Nc3cccc(CCN(C)c4ccc(F)cc4)c3)CC2SC12C(C#N)C2C(=O)NCC#N. The van der Waals surface area contributed by atoms with Crippen LogP contribution in [0, 0.1) is 46.2 Å². The molecule has 10 heteroatoms. The van der Waals surface area contributed by atoms with Gasteiger partial charge in [-0.1, -0.05) is 12.1 Å². The fraction of sp³-hybridized carbons (Fsp3) is 0.484. The molecule has 1 heterocycles. The highest BCUT2D eigenvalue weighted by Crippen LogP contribution is 2.66. The maximum atomic E-state index is 13.6. The van der Waals surface area contributed by atoms with E-state index in [4.69, 9.17) is 5.26 Å². The van der Waals surface area contributed by atoms with Gasteiger partial charge in [-0.3, -0.25) is 9.59 Å². The summed E-state index contributed by atoms with van der Waals surface area (Å²) in [5.74, 6) is -1.88. The Hall–Kier alpha value is -3.76. The minimum atomic E-state index is -0.861. The van der Waals surface area contributed by atoms with Crippen LogP contribution in [0.3, 0.4) is 0 Å². The van der Waals surface area contributed by atoms with Crippen LogP contribution >= 0.6 is 11.8 Å². The van der Waals surface area contributed by atoms with E-state index in [1.54, 1.807) is 28.8 Å². The van der Waals surface area contributed by atoms with Gasteiger partial charge in [0, 0.05) is 42.8 Å². The minimum absolute atomic E-state index is 0.00806. The molecule has 6 atom stereocenters. The molecular weight excluding hydrogens is 539 g/mol. The van der Waals surface area contributed by atoms with Gasteiger partial charge in [-0.15, -0.1) is 11.8 Å². The quantitative estimate of drug-likeness (QED) is 0.433. The zero-order valence-corrected chi connectivity index (χ0v) is 24.2. The number of nitrogens with zero attached hydrogens (tertiary/aromatic N) is 4. The number of nitrogens with one attached hydrogen (secondary N) is 2. The van der Waals surface area contributed by atoms with Crippen LogP contribution in [0.25, 0.3) is 0 Å². The first-order chi connectivity index (χ1) is 19.8. The minimum Gasteiger partial charge on any atom is -0.382 e. The standard InChI is InChI=1S/C31H35FN6O2S/c1-3-38-30(40)25-12-9-23(18-27(25)41-31(38)26(19-34)28(31)29(39)35-15-14-33)36-22-6-4-5-20(17-22)13-16-37(2)24-10-7-21(32)8-11-24/h4-8,10-11,17,23,25-28,36H,3,9,12-13,15-16,18H2,1-2H3,(H,35,39). The smallest absolute Gasteiger partial charge is 0.228 e. The molecule has 0 radical (unpaired) electrons. The van der Waals surface area contributed by atoms with Crippen molar-refractivity contribution in [2.24, 2.45) is 17.8 Å². The summed E-state index contributed by atoms with van der Waals surface area (Å²) >= 11 is 1.62. The van der Waals surface area contributed by atoms with Crippen molar-refractivity contribution in [2.45, 2.75) is 48.8 Å². The molecule has 1 saturated heterocycles. The van der Waals surface area contributed by atoms with Crippen LogP contribution in [0.5, 0.6) is 0 Å². The maximum absolute atomic E-state index is 13.6. The predicted molar refractivity (Wildman–Crippen MR) is 157 cm³/mol. The van der Waals surface area contributed by atoms with Crippen molar-refractivity contribution >= 4 is 35.0 Å². The fourth-order valence-electron chi connectivity index (χ4n) is 6.51. The van der Waals surface area contributed by atoms with E-state index in [-0.39, 0.29) is 41.4 Å². The summed E-state index contributed by atoms with van der Waals surface area (Å²) in [5, 5.41) is 25.1. The second-order valence-corrected chi connectivity index (χ2v) is 12.6. The van der Waals surface area contributed by atoms with E-state index in [0.717, 1.165) is 43.6 Å². The van der Waals surface area contributed by atoms with Crippen molar-refractivity contribution in [3.63, 3.8) is 0 Å². The van der Waals surface area contributed by atoms with Gasteiger partial charge in [0.15, 0.2) is 0 Å². The first-order valence-electron chi connectivity index (χ1n) is 14.2. The Balaban J connectivity index is 1.24. The molecule has 2 aromatic carbocycles. The summed E-state index contributed by atoms with van der Waals surface area (Å²) in [5.41, 5.74) is 3.19. The molecule has 214 valence electrons. The zero-order chi connectivity index (χ0) is 29.1. The average molecular weight is 575 g/mol. The van der Waals surface area contributed by atoms with Gasteiger partial charge in [0.05, 0.1) is 29.9 Å². The second kappa shape index (κ2) is 12.0. The predicted octanol–water partition coefficient (Wildman–Crippen LogP) is 4.15. The number of likely N-dealkylation sites (N-methyl/N-ethyl adjacent to an activating group) is 1. The summed E-state index contributed by atoms with van der Waals surface area (Å²) in [6, 6.07) is 19.2. The topological polar surface area (TPSA) is 112 Å². The first kappa shape index (κ1) is 28.8. The van der Waals surface area contributed by atoms with Crippen LogP contribution < -0.4 is 15.5 Å². The number of halogens is 1. The molecule has 2 amide bonds. The lowest BCUT2D eigenvalue weighted by atomic mass is 9.84. The average Bonchev–Trinajstić information content (AvgIpc) is 3.61. The molecule has 5 rings (SSSR count). The molecule has 2 aliphatic carbocycles. The van der Waals surface area contributed by atoms with Crippen molar-refractivity contribution < 1.29 is 14.0 Å². The van der Waals surface area contributed by atoms with Crippen LogP contribution in [-0.2, 0) is 16.0 Å². The number of rotatable bonds is 9. The maximum Gasteiger partial charge on any atom is 0.228 e. The lowest BCUT2D eigenvalue weighted by molar-refractivity contribution is -0.139. The van der Waals surface area contributed by atoms with Crippen LogP contribution in [-0.4, -0.2) is 59.6 Å². The normalized spacial score (nSPS) is 28.3. The van der Waals surface area contributed by atoms with Gasteiger partial charge < -0.3 is 20.4 Å². The zero-order valence-electron chi connectivity index (χ0n) is 23.3. The number of nitriles is 2. The third kappa shape index (κ3) is 5.58. The number of benzene rings is 2. The Morgan fingerprint density at radius 2 is 2.00 bits per heavy atom. The Morgan fingerprint density at radius 3 is 2.71 bits per heavy atom. The van der Waals surface area contributed by atoms with Gasteiger partial charge in [-0.2, -0.15) is 10.5 Å². The highest BCUT2D eigenvalue weighted by atomic mass is 32.2. The van der Waals surface area contributed by atoms with Gasteiger partial charge >= 0.3 is 0 Å². The first-order valence-corrected chi connectivity index (χ1v) is 15.1. The molecule has 3 fully saturated rings. The van der Waals surface area contributed by atoms with Crippen molar-refractivity contribution in [3.8, 4) is 12.1 Å². The molecule has 0 bridgehead atoms. The summed E-state index contributed by atoms with van der Waals surface area (Å²) < 4.78 is 13.3. The summed E-state index contributed by atoms with van der Waals surface area (Å²) in [6.45, 7) is 3.02. The molecule has 2 N–H and O–H groups in total. The number of amides is 2. The van der Waals surface area contributed by atoms with Crippen LogP contribution in [0.15, 0.2) is 48.5 Å². The van der Waals surface area contributed by atoms with Crippen molar-refractivity contribution in [1.82, 2.24) is 10.2 Å². The molecule has 0 aromatic heterocycles. The molecule has 2 saturated carbocycles. The van der Waals surface area contributed by atoms with Crippen molar-refractivity contribution in [3.05, 3.63) is 59.9 Å². The highest BCUT2D eigenvalue weighted by molar-refractivity contribution is 8.01. The van der Waals surface area contributed by atoms with Crippen LogP contribution in [0.4, 0.5) is 15.8 Å². The number of fused-ring (bicyclic) bond motifs is 1. The fourth-order valence-corrected chi connectivity index (χ4v) is 8.74. The third-order valence-electron chi connectivity index (χ3n) is 8.63. The summed E-state index contributed by atoms with van der Waals surface area (Å²) in [4.78, 5) is 29.5. The Labute approximate surface area is 244 Å². The van der Waals surface area contributed by atoms with Crippen molar-refractivity contribution in [2.75, 3.05) is 36.9 Å². The summed E-state index contributed by atoms with van der Waals surface area (Å²) in [7, 11) is 2.00. The third-order valence-corrected chi connectivity index (χ3v) is 10.6. The molecule has 41 heavy (non-hydrogen) atoms. The Morgan fingerprint density at radius 1 is 1.22 bits per heavy atom. The van der Waals surface area contributed by atoms with Gasteiger partial charge in [0.1, 0.15) is 17.2 Å². The van der Waals surface area contributed by atoms with Gasteiger partial charge in [0.2, 0.25) is 11.8 Å². The van der Waals surface area contributed by atoms with E-state index < -0.39 is 16.7 Å². The monoisotopic (exact) mass is 574 g/mol. The number of anilines is 2. The van der Waals surface area contributed by atoms with Crippen LogP contribution in [0.1, 0.15) is 31.7 Å². The number of thioether (sulfide) groups is 1. The van der Waals surface area contributed by atoms with E-state index in [0.29, 0.717) is 6.54 Å².